The van der Waals surface area contributed by atoms with Crippen molar-refractivity contribution in [3.8, 4) is 5.75 Å². The Morgan fingerprint density at radius 3 is 2.64 bits per heavy atom. The van der Waals surface area contributed by atoms with E-state index in [9.17, 15) is 13.2 Å². The molecular formula is C22H23F3O3. The Hall–Kier alpha value is -2.31. The van der Waals surface area contributed by atoms with Crippen molar-refractivity contribution in [2.24, 2.45) is 0 Å². The Morgan fingerprint density at radius 2 is 1.96 bits per heavy atom. The first-order valence-corrected chi connectivity index (χ1v) is 9.19. The van der Waals surface area contributed by atoms with Gasteiger partial charge in [-0.2, -0.15) is 4.39 Å². The molecule has 0 aromatic heterocycles. The normalized spacial score (nSPS) is 19.4. The lowest BCUT2D eigenvalue weighted by atomic mass is 9.92. The van der Waals surface area contributed by atoms with Crippen LogP contribution < -0.4 is 4.74 Å². The third kappa shape index (κ3) is 4.75. The Morgan fingerprint density at radius 1 is 1.14 bits per heavy atom. The smallest absolute Gasteiger partial charge is 0.200 e. The van der Waals surface area contributed by atoms with Crippen LogP contribution in [0.15, 0.2) is 43.0 Å². The number of rotatable bonds is 7. The predicted octanol–water partition coefficient (Wildman–Crippen LogP) is 5.41. The first-order valence-electron chi connectivity index (χ1n) is 9.19. The standard InChI is InChI=1S/C22H23F3O3/c1-3-10-26-19-8-7-17(21(24)22(19)25)15-6-9-20(27-12-15)28-13-16-5-4-14(2)11-18(16)23/h3-5,7-8,11,15,20H,1,6,9-10,12-13H2,2H3. The minimum Gasteiger partial charge on any atom is -0.486 e. The quantitative estimate of drug-likeness (QED) is 0.590. The molecule has 0 amide bonds. The van der Waals surface area contributed by atoms with Crippen LogP contribution >= 0.6 is 0 Å². The summed E-state index contributed by atoms with van der Waals surface area (Å²) in [6.45, 7) is 5.69. The number of ether oxygens (including phenoxy) is 3. The van der Waals surface area contributed by atoms with E-state index in [2.05, 4.69) is 6.58 Å². The van der Waals surface area contributed by atoms with E-state index in [-0.39, 0.29) is 42.9 Å². The molecule has 2 unspecified atom stereocenters. The van der Waals surface area contributed by atoms with Crippen molar-refractivity contribution < 1.29 is 27.4 Å². The molecular weight excluding hydrogens is 369 g/mol. The third-order valence-electron chi connectivity index (χ3n) is 4.74. The van der Waals surface area contributed by atoms with Crippen LogP contribution in [-0.4, -0.2) is 19.5 Å². The molecule has 1 aliphatic rings. The molecule has 3 rings (SSSR count). The lowest BCUT2D eigenvalue weighted by Crippen LogP contribution is -2.27. The minimum absolute atomic E-state index is 0.0970. The fraction of sp³-hybridized carbons (Fsp3) is 0.364. The van der Waals surface area contributed by atoms with Gasteiger partial charge in [-0.25, -0.2) is 8.78 Å². The summed E-state index contributed by atoms with van der Waals surface area (Å²) in [6.07, 6.45) is 2.04. The highest BCUT2D eigenvalue weighted by molar-refractivity contribution is 5.33. The highest BCUT2D eigenvalue weighted by Crippen LogP contribution is 2.34. The van der Waals surface area contributed by atoms with E-state index in [1.54, 1.807) is 6.07 Å². The van der Waals surface area contributed by atoms with Gasteiger partial charge in [0, 0.05) is 11.5 Å². The molecule has 1 fully saturated rings. The van der Waals surface area contributed by atoms with Gasteiger partial charge in [0.05, 0.1) is 13.2 Å². The monoisotopic (exact) mass is 392 g/mol. The van der Waals surface area contributed by atoms with Gasteiger partial charge in [-0.3, -0.25) is 0 Å². The molecule has 6 heteroatoms. The summed E-state index contributed by atoms with van der Waals surface area (Å²) in [7, 11) is 0. The van der Waals surface area contributed by atoms with Gasteiger partial charge in [-0.15, -0.1) is 0 Å². The van der Waals surface area contributed by atoms with Crippen LogP contribution in [0, 0.1) is 24.4 Å². The molecule has 0 saturated carbocycles. The molecule has 1 saturated heterocycles. The molecule has 3 nitrogen and oxygen atoms in total. The molecule has 2 atom stereocenters. The average molecular weight is 392 g/mol. The van der Waals surface area contributed by atoms with Crippen LogP contribution in [0.3, 0.4) is 0 Å². The van der Waals surface area contributed by atoms with E-state index in [4.69, 9.17) is 14.2 Å². The zero-order valence-electron chi connectivity index (χ0n) is 15.7. The first-order chi connectivity index (χ1) is 13.5. The van der Waals surface area contributed by atoms with Gasteiger partial charge in [-0.05, 0) is 43.0 Å². The van der Waals surface area contributed by atoms with Crippen LogP contribution in [0.25, 0.3) is 0 Å². The number of halogens is 3. The summed E-state index contributed by atoms with van der Waals surface area (Å²) in [5.74, 6) is -2.66. The summed E-state index contributed by atoms with van der Waals surface area (Å²) in [5.41, 5.74) is 1.55. The van der Waals surface area contributed by atoms with Crippen molar-refractivity contribution >= 4 is 0 Å². The fourth-order valence-electron chi connectivity index (χ4n) is 3.18. The van der Waals surface area contributed by atoms with E-state index in [0.29, 0.717) is 18.4 Å². The van der Waals surface area contributed by atoms with Crippen LogP contribution in [-0.2, 0) is 16.1 Å². The SMILES string of the molecule is C=CCOc1ccc(C2CCC(OCc3ccc(C)cc3F)OC2)c(F)c1F. The summed E-state index contributed by atoms with van der Waals surface area (Å²) in [5, 5.41) is 0. The first kappa shape index (κ1) is 20.4. The molecule has 0 N–H and O–H groups in total. The Kier molecular flexibility index (Phi) is 6.75. The minimum atomic E-state index is -1.01. The Balaban J connectivity index is 1.56. The topological polar surface area (TPSA) is 27.7 Å². The second-order valence-corrected chi connectivity index (χ2v) is 6.82. The molecule has 0 spiro atoms. The van der Waals surface area contributed by atoms with Crippen molar-refractivity contribution in [3.05, 3.63) is 77.1 Å². The van der Waals surface area contributed by atoms with Crippen molar-refractivity contribution in [3.63, 3.8) is 0 Å². The maximum Gasteiger partial charge on any atom is 0.200 e. The largest absolute Gasteiger partial charge is 0.486 e. The molecule has 1 aliphatic heterocycles. The van der Waals surface area contributed by atoms with Gasteiger partial charge in [0.25, 0.3) is 0 Å². The number of benzene rings is 2. The molecule has 2 aromatic rings. The Bertz CT molecular complexity index is 830. The van der Waals surface area contributed by atoms with E-state index >= 15 is 0 Å². The highest BCUT2D eigenvalue weighted by Gasteiger charge is 2.27. The predicted molar refractivity (Wildman–Crippen MR) is 99.7 cm³/mol. The fourth-order valence-corrected chi connectivity index (χ4v) is 3.18. The van der Waals surface area contributed by atoms with Crippen LogP contribution in [0.1, 0.15) is 35.4 Å². The van der Waals surface area contributed by atoms with E-state index in [1.807, 2.05) is 13.0 Å². The lowest BCUT2D eigenvalue weighted by molar-refractivity contribution is -0.174. The molecule has 2 aromatic carbocycles. The van der Waals surface area contributed by atoms with Crippen LogP contribution in [0.4, 0.5) is 13.2 Å². The second kappa shape index (κ2) is 9.26. The zero-order chi connectivity index (χ0) is 20.1. The molecule has 0 radical (unpaired) electrons. The van der Waals surface area contributed by atoms with Crippen molar-refractivity contribution in [1.29, 1.82) is 0 Å². The summed E-state index contributed by atoms with van der Waals surface area (Å²) in [6, 6.07) is 7.90. The molecule has 1 heterocycles. The number of aryl methyl sites for hydroxylation is 1. The summed E-state index contributed by atoms with van der Waals surface area (Å²) >= 11 is 0. The van der Waals surface area contributed by atoms with Gasteiger partial charge in [0.2, 0.25) is 5.82 Å². The summed E-state index contributed by atoms with van der Waals surface area (Å²) < 4.78 is 58.8. The summed E-state index contributed by atoms with van der Waals surface area (Å²) in [4.78, 5) is 0. The van der Waals surface area contributed by atoms with Crippen LogP contribution in [0.5, 0.6) is 5.75 Å². The van der Waals surface area contributed by atoms with Gasteiger partial charge < -0.3 is 14.2 Å². The average Bonchev–Trinajstić information content (AvgIpc) is 2.69. The number of hydrogen-bond acceptors (Lipinski definition) is 3. The maximum atomic E-state index is 14.4. The third-order valence-corrected chi connectivity index (χ3v) is 4.74. The molecule has 28 heavy (non-hydrogen) atoms. The van der Waals surface area contributed by atoms with Crippen molar-refractivity contribution in [1.82, 2.24) is 0 Å². The lowest BCUT2D eigenvalue weighted by Gasteiger charge is -2.29. The van der Waals surface area contributed by atoms with Gasteiger partial charge in [0.1, 0.15) is 12.4 Å². The van der Waals surface area contributed by atoms with Crippen molar-refractivity contribution in [2.45, 2.75) is 38.6 Å². The number of hydrogen-bond donors (Lipinski definition) is 0. The molecule has 0 bridgehead atoms. The van der Waals surface area contributed by atoms with Gasteiger partial charge >= 0.3 is 0 Å². The van der Waals surface area contributed by atoms with E-state index in [0.717, 1.165) is 5.56 Å². The van der Waals surface area contributed by atoms with E-state index in [1.165, 1.54) is 24.3 Å². The van der Waals surface area contributed by atoms with Gasteiger partial charge in [-0.1, -0.05) is 30.9 Å². The molecule has 150 valence electrons. The zero-order valence-corrected chi connectivity index (χ0v) is 15.7. The highest BCUT2D eigenvalue weighted by atomic mass is 19.2. The van der Waals surface area contributed by atoms with E-state index < -0.39 is 17.9 Å². The maximum absolute atomic E-state index is 14.4. The van der Waals surface area contributed by atoms with Crippen LogP contribution in [0.2, 0.25) is 0 Å². The second-order valence-electron chi connectivity index (χ2n) is 6.82. The molecule has 0 aliphatic carbocycles. The Labute approximate surface area is 162 Å². The van der Waals surface area contributed by atoms with Gasteiger partial charge in [0.15, 0.2) is 17.9 Å². The van der Waals surface area contributed by atoms with Crippen molar-refractivity contribution in [2.75, 3.05) is 13.2 Å².